The van der Waals surface area contributed by atoms with Crippen LogP contribution in [0.4, 0.5) is 19.0 Å². The number of nitrogens with zero attached hydrogens (tertiary/aromatic N) is 3. The molecule has 0 radical (unpaired) electrons. The highest BCUT2D eigenvalue weighted by Gasteiger charge is 2.32. The van der Waals surface area contributed by atoms with Crippen LogP contribution in [0.5, 0.6) is 5.75 Å². The van der Waals surface area contributed by atoms with Gasteiger partial charge in [0.15, 0.2) is 11.6 Å². The van der Waals surface area contributed by atoms with Gasteiger partial charge in [-0.15, -0.1) is 13.2 Å². The SMILES string of the molecule is C=C(CCN1CCOCC1)N(/C=C(\CC)c1cnc(N)c(OC(F)(F)F)c1)C(=C)CC1CC1. The maximum atomic E-state index is 12.8. The maximum absolute atomic E-state index is 12.8. The molecule has 0 spiro atoms. The van der Waals surface area contributed by atoms with Crippen LogP contribution in [0.1, 0.15) is 44.6 Å². The third-order valence-corrected chi connectivity index (χ3v) is 5.87. The summed E-state index contributed by atoms with van der Waals surface area (Å²) in [6.07, 6.45) is 3.11. The number of allylic oxidation sites excluding steroid dienone is 2. The molecule has 0 unspecified atom stereocenters. The molecule has 0 bridgehead atoms. The van der Waals surface area contributed by atoms with Crippen molar-refractivity contribution in [3.05, 3.63) is 48.6 Å². The summed E-state index contributed by atoms with van der Waals surface area (Å²) in [6.45, 7) is 14.6. The van der Waals surface area contributed by atoms with Gasteiger partial charge in [-0.25, -0.2) is 4.98 Å². The van der Waals surface area contributed by atoms with Crippen LogP contribution in [0, 0.1) is 5.92 Å². The van der Waals surface area contributed by atoms with Crippen molar-refractivity contribution in [2.45, 2.75) is 45.4 Å². The first kappa shape index (κ1) is 25.1. The fourth-order valence-electron chi connectivity index (χ4n) is 3.76. The van der Waals surface area contributed by atoms with Crippen LogP contribution in [-0.2, 0) is 4.74 Å². The minimum absolute atomic E-state index is 0.309. The molecule has 0 atom stereocenters. The number of pyridine rings is 1. The van der Waals surface area contributed by atoms with Gasteiger partial charge in [0.05, 0.1) is 13.2 Å². The van der Waals surface area contributed by atoms with Gasteiger partial charge in [0.1, 0.15) is 0 Å². The second-order valence-corrected chi connectivity index (χ2v) is 8.52. The number of halogens is 3. The van der Waals surface area contributed by atoms with E-state index in [-0.39, 0.29) is 5.82 Å². The normalized spacial score (nSPS) is 17.6. The molecule has 1 saturated heterocycles. The van der Waals surface area contributed by atoms with Gasteiger partial charge < -0.3 is 20.1 Å². The predicted molar refractivity (Wildman–Crippen MR) is 123 cm³/mol. The van der Waals surface area contributed by atoms with Crippen LogP contribution >= 0.6 is 0 Å². The Morgan fingerprint density at radius 3 is 2.61 bits per heavy atom. The third kappa shape index (κ3) is 7.78. The molecule has 1 aliphatic heterocycles. The van der Waals surface area contributed by atoms with Crippen molar-refractivity contribution in [1.82, 2.24) is 14.8 Å². The molecule has 182 valence electrons. The van der Waals surface area contributed by atoms with E-state index in [0.717, 1.165) is 62.7 Å². The molecular weight excluding hydrogens is 433 g/mol. The Hall–Kier alpha value is -2.52. The molecule has 1 aromatic rings. The lowest BCUT2D eigenvalue weighted by Crippen LogP contribution is -2.37. The fourth-order valence-corrected chi connectivity index (χ4v) is 3.76. The van der Waals surface area contributed by atoms with E-state index in [0.29, 0.717) is 17.9 Å². The quantitative estimate of drug-likeness (QED) is 0.486. The first-order valence-electron chi connectivity index (χ1n) is 11.3. The van der Waals surface area contributed by atoms with Crippen LogP contribution in [0.15, 0.2) is 43.0 Å². The summed E-state index contributed by atoms with van der Waals surface area (Å²) in [5.41, 5.74) is 8.73. The number of aromatic nitrogens is 1. The highest BCUT2D eigenvalue weighted by atomic mass is 19.4. The summed E-state index contributed by atoms with van der Waals surface area (Å²) >= 11 is 0. The zero-order valence-electron chi connectivity index (χ0n) is 19.2. The summed E-state index contributed by atoms with van der Waals surface area (Å²) in [6, 6.07) is 1.28. The lowest BCUT2D eigenvalue weighted by atomic mass is 10.1. The van der Waals surface area contributed by atoms with Gasteiger partial charge in [0, 0.05) is 55.4 Å². The topological polar surface area (TPSA) is 63.9 Å². The molecule has 1 aliphatic carbocycles. The summed E-state index contributed by atoms with van der Waals surface area (Å²) < 4.78 is 47.7. The Labute approximate surface area is 193 Å². The summed E-state index contributed by atoms with van der Waals surface area (Å²) in [4.78, 5) is 8.25. The fraction of sp³-hybridized carbons (Fsp3) is 0.542. The van der Waals surface area contributed by atoms with E-state index in [4.69, 9.17) is 10.5 Å². The average Bonchev–Trinajstić information content (AvgIpc) is 3.58. The van der Waals surface area contributed by atoms with Gasteiger partial charge in [0.2, 0.25) is 0 Å². The second-order valence-electron chi connectivity index (χ2n) is 8.52. The number of hydrogen-bond acceptors (Lipinski definition) is 6. The van der Waals surface area contributed by atoms with Crippen molar-refractivity contribution in [2.24, 2.45) is 5.92 Å². The minimum atomic E-state index is -4.84. The van der Waals surface area contributed by atoms with Crippen molar-refractivity contribution in [2.75, 3.05) is 38.6 Å². The van der Waals surface area contributed by atoms with Crippen LogP contribution < -0.4 is 10.5 Å². The van der Waals surface area contributed by atoms with E-state index in [9.17, 15) is 13.2 Å². The maximum Gasteiger partial charge on any atom is 0.573 e. The highest BCUT2D eigenvalue weighted by Crippen LogP contribution is 2.37. The van der Waals surface area contributed by atoms with Gasteiger partial charge in [-0.1, -0.05) is 20.1 Å². The van der Waals surface area contributed by atoms with E-state index < -0.39 is 12.1 Å². The number of ether oxygens (including phenoxy) is 2. The van der Waals surface area contributed by atoms with Crippen LogP contribution in [0.3, 0.4) is 0 Å². The number of nitrogens with two attached hydrogens (primary N) is 1. The summed E-state index contributed by atoms with van der Waals surface area (Å²) in [5, 5.41) is 0. The average molecular weight is 467 g/mol. The number of morpholine rings is 1. The molecule has 1 saturated carbocycles. The van der Waals surface area contributed by atoms with E-state index in [1.165, 1.54) is 25.1 Å². The standard InChI is InChI=1S/C24H33F3N4O2/c1-4-20(21-14-22(23(28)29-15-21)33-24(25,26)27)16-31(18(3)13-19-5-6-19)17(2)7-8-30-9-11-32-12-10-30/h14-16,19H,2-13H2,1H3,(H2,28,29)/b20-16+. The van der Waals surface area contributed by atoms with E-state index in [1.807, 2.05) is 18.0 Å². The molecule has 2 N–H and O–H groups in total. The monoisotopic (exact) mass is 466 g/mol. The molecular formula is C24H33F3N4O2. The van der Waals surface area contributed by atoms with Crippen molar-refractivity contribution >= 4 is 11.4 Å². The lowest BCUT2D eigenvalue weighted by molar-refractivity contribution is -0.274. The number of nitrogen functional groups attached to an aromatic ring is 1. The van der Waals surface area contributed by atoms with Gasteiger partial charge in [-0.3, -0.25) is 4.90 Å². The van der Waals surface area contributed by atoms with Crippen molar-refractivity contribution in [1.29, 1.82) is 0 Å². The minimum Gasteiger partial charge on any atom is -0.402 e. The second kappa shape index (κ2) is 11.1. The highest BCUT2D eigenvalue weighted by molar-refractivity contribution is 5.68. The van der Waals surface area contributed by atoms with Crippen LogP contribution in [-0.4, -0.2) is 54.0 Å². The Morgan fingerprint density at radius 2 is 2.00 bits per heavy atom. The molecule has 3 rings (SSSR count). The molecule has 2 aliphatic rings. The van der Waals surface area contributed by atoms with Crippen LogP contribution in [0.25, 0.3) is 5.57 Å². The lowest BCUT2D eigenvalue weighted by Gasteiger charge is -2.30. The molecule has 33 heavy (non-hydrogen) atoms. The van der Waals surface area contributed by atoms with E-state index in [2.05, 4.69) is 27.8 Å². The summed E-state index contributed by atoms with van der Waals surface area (Å²) in [7, 11) is 0. The van der Waals surface area contributed by atoms with Gasteiger partial charge >= 0.3 is 6.36 Å². The molecule has 0 amide bonds. The molecule has 2 fully saturated rings. The molecule has 6 nitrogen and oxygen atoms in total. The Balaban J connectivity index is 1.81. The van der Waals surface area contributed by atoms with Crippen molar-refractivity contribution < 1.29 is 22.6 Å². The van der Waals surface area contributed by atoms with Gasteiger partial charge in [-0.05, 0) is 43.2 Å². The first-order chi connectivity index (χ1) is 15.7. The third-order valence-electron chi connectivity index (χ3n) is 5.87. The molecule has 0 aromatic carbocycles. The van der Waals surface area contributed by atoms with E-state index >= 15 is 0 Å². The van der Waals surface area contributed by atoms with Gasteiger partial charge in [0.25, 0.3) is 0 Å². The summed E-state index contributed by atoms with van der Waals surface area (Å²) in [5.74, 6) is -0.180. The number of anilines is 1. The smallest absolute Gasteiger partial charge is 0.402 e. The molecule has 2 heterocycles. The predicted octanol–water partition coefficient (Wildman–Crippen LogP) is 5.17. The molecule has 9 heteroatoms. The van der Waals surface area contributed by atoms with Crippen LogP contribution in [0.2, 0.25) is 0 Å². The van der Waals surface area contributed by atoms with E-state index in [1.54, 1.807) is 0 Å². The Morgan fingerprint density at radius 1 is 1.30 bits per heavy atom. The van der Waals surface area contributed by atoms with Gasteiger partial charge in [-0.2, -0.15) is 0 Å². The zero-order valence-corrected chi connectivity index (χ0v) is 19.2. The van der Waals surface area contributed by atoms with Crippen molar-refractivity contribution in [3.8, 4) is 5.75 Å². The van der Waals surface area contributed by atoms with Crippen molar-refractivity contribution in [3.63, 3.8) is 0 Å². The number of rotatable bonds is 11. The first-order valence-corrected chi connectivity index (χ1v) is 11.3. The zero-order chi connectivity index (χ0) is 24.0. The number of hydrogen-bond donors (Lipinski definition) is 1. The Kier molecular flexibility index (Phi) is 8.42. The number of alkyl halides is 3. The largest absolute Gasteiger partial charge is 0.573 e. The Bertz CT molecular complexity index is 875. The molecule has 1 aromatic heterocycles.